The fraction of sp³-hybridized carbons (Fsp3) is 0.320. The molecule has 4 aromatic rings. The van der Waals surface area contributed by atoms with Crippen molar-refractivity contribution in [3.8, 4) is 23.0 Å². The average Bonchev–Trinajstić information content (AvgIpc) is 3.55. The second kappa shape index (κ2) is 8.76. The molecule has 11 heteroatoms. The Morgan fingerprint density at radius 1 is 0.944 bits per heavy atom. The van der Waals surface area contributed by atoms with E-state index in [0.29, 0.717) is 54.7 Å². The molecule has 36 heavy (non-hydrogen) atoms. The van der Waals surface area contributed by atoms with Crippen LogP contribution in [0, 0.1) is 0 Å². The number of benzene rings is 3. The minimum Gasteiger partial charge on any atom is -0.493 e. The fourth-order valence-corrected chi connectivity index (χ4v) is 6.30. The van der Waals surface area contributed by atoms with Gasteiger partial charge in [-0.15, -0.1) is 4.67 Å². The first-order valence-corrected chi connectivity index (χ1v) is 13.0. The highest BCUT2D eigenvalue weighted by Crippen LogP contribution is 2.62. The second-order valence-corrected chi connectivity index (χ2v) is 10.8. The summed E-state index contributed by atoms with van der Waals surface area (Å²) < 4.78 is 36.5. The van der Waals surface area contributed by atoms with Gasteiger partial charge in [-0.05, 0) is 29.7 Å². The van der Waals surface area contributed by atoms with E-state index in [0.717, 1.165) is 27.1 Å². The van der Waals surface area contributed by atoms with Gasteiger partial charge in [-0.3, -0.25) is 4.79 Å². The maximum Gasteiger partial charge on any atom is 0.501 e. The Morgan fingerprint density at radius 3 is 2.31 bits per heavy atom. The van der Waals surface area contributed by atoms with Crippen molar-refractivity contribution in [2.24, 2.45) is 0 Å². The van der Waals surface area contributed by atoms with Crippen LogP contribution in [-0.4, -0.2) is 61.9 Å². The van der Waals surface area contributed by atoms with Gasteiger partial charge in [-0.1, -0.05) is 12.1 Å². The number of ether oxygens (including phenoxy) is 4. The maximum absolute atomic E-state index is 14.0. The van der Waals surface area contributed by atoms with Gasteiger partial charge in [0, 0.05) is 29.8 Å². The first kappa shape index (κ1) is 23.3. The summed E-state index contributed by atoms with van der Waals surface area (Å²) in [5, 5.41) is 3.91. The van der Waals surface area contributed by atoms with Crippen LogP contribution < -0.4 is 24.5 Å². The van der Waals surface area contributed by atoms with Crippen LogP contribution in [-0.2, 0) is 15.6 Å². The molecule has 1 saturated heterocycles. The first-order chi connectivity index (χ1) is 17.4. The number of aromatic nitrogens is 1. The lowest BCUT2D eigenvalue weighted by Gasteiger charge is -2.21. The van der Waals surface area contributed by atoms with Crippen LogP contribution in [0.15, 0.2) is 41.2 Å². The largest absolute Gasteiger partial charge is 0.501 e. The van der Waals surface area contributed by atoms with Crippen LogP contribution in [0.2, 0.25) is 0 Å². The number of pyridine rings is 1. The van der Waals surface area contributed by atoms with Crippen molar-refractivity contribution in [3.05, 3.63) is 46.8 Å². The van der Waals surface area contributed by atoms with Gasteiger partial charge in [-0.25, -0.2) is 0 Å². The number of hydrogen-bond acceptors (Lipinski definition) is 9. The molecule has 0 spiro atoms. The summed E-state index contributed by atoms with van der Waals surface area (Å²) in [5.41, 5.74) is 0.568. The lowest BCUT2D eigenvalue weighted by Crippen LogP contribution is -2.29. The number of fused-ring (bicyclic) bond motifs is 6. The quantitative estimate of drug-likeness (QED) is 0.306. The minimum atomic E-state index is -3.11. The van der Waals surface area contributed by atoms with E-state index in [-0.39, 0.29) is 12.4 Å². The van der Waals surface area contributed by atoms with Gasteiger partial charge in [0.2, 0.25) is 6.79 Å². The normalized spacial score (nSPS) is 16.5. The third-order valence-corrected chi connectivity index (χ3v) is 8.83. The number of hydrogen-bond donors (Lipinski definition) is 1. The summed E-state index contributed by atoms with van der Waals surface area (Å²) in [6.45, 7) is 1.46. The van der Waals surface area contributed by atoms with E-state index in [2.05, 4.69) is 0 Å². The zero-order valence-electron chi connectivity index (χ0n) is 20.1. The molecule has 2 aliphatic rings. The summed E-state index contributed by atoms with van der Waals surface area (Å²) in [5.74, 6) is 2.32. The van der Waals surface area contributed by atoms with E-state index in [4.69, 9.17) is 28.0 Å². The lowest BCUT2D eigenvalue weighted by atomic mass is 10.00. The molecule has 1 fully saturated rings. The van der Waals surface area contributed by atoms with Crippen molar-refractivity contribution in [1.29, 1.82) is 0 Å². The van der Waals surface area contributed by atoms with Crippen LogP contribution in [0.3, 0.4) is 0 Å². The van der Waals surface area contributed by atoms with Crippen LogP contribution in [0.1, 0.15) is 0 Å². The molecule has 188 valence electrons. The summed E-state index contributed by atoms with van der Waals surface area (Å²) in [4.78, 5) is 24.7. The Kier molecular flexibility index (Phi) is 5.66. The van der Waals surface area contributed by atoms with Gasteiger partial charge in [0.25, 0.3) is 5.56 Å². The first-order valence-electron chi connectivity index (χ1n) is 11.5. The molecule has 0 unspecified atom stereocenters. The van der Waals surface area contributed by atoms with Gasteiger partial charge in [-0.2, -0.15) is 13.9 Å². The molecule has 3 aromatic carbocycles. The van der Waals surface area contributed by atoms with Crippen molar-refractivity contribution in [1.82, 2.24) is 9.24 Å². The molecule has 0 amide bonds. The molecular formula is C25H26N2O8P+. The van der Waals surface area contributed by atoms with Crippen LogP contribution in [0.5, 0.6) is 23.0 Å². The summed E-state index contributed by atoms with van der Waals surface area (Å²) >= 11 is 0. The molecule has 0 atom stereocenters. The molecule has 3 heterocycles. The average molecular weight is 513 g/mol. The van der Waals surface area contributed by atoms with E-state index < -0.39 is 8.09 Å². The highest BCUT2D eigenvalue weighted by molar-refractivity contribution is 7.58. The Morgan fingerprint density at radius 2 is 1.61 bits per heavy atom. The third-order valence-electron chi connectivity index (χ3n) is 6.72. The second-order valence-electron chi connectivity index (χ2n) is 8.64. The monoisotopic (exact) mass is 513 g/mol. The zero-order valence-corrected chi connectivity index (χ0v) is 21.0. The molecule has 2 aliphatic heterocycles. The number of rotatable bonds is 6. The summed E-state index contributed by atoms with van der Waals surface area (Å²) in [6.07, 6.45) is 0. The molecule has 0 saturated carbocycles. The van der Waals surface area contributed by atoms with E-state index in [1.807, 2.05) is 30.3 Å². The van der Waals surface area contributed by atoms with Crippen LogP contribution >= 0.6 is 8.09 Å². The van der Waals surface area contributed by atoms with Gasteiger partial charge < -0.3 is 23.5 Å². The SMILES string of the molecule is COc1cc2c(=O)n(CCN(C)[P+]3(O)OCCO3)c3c4cc5c(cc4ccc3c2cc1OC)OCO5. The Hall–Kier alpha value is -3.14. The summed E-state index contributed by atoms with van der Waals surface area (Å²) in [7, 11) is 1.74. The maximum atomic E-state index is 14.0. The minimum absolute atomic E-state index is 0.156. The molecule has 0 radical (unpaired) electrons. The predicted octanol–water partition coefficient (Wildman–Crippen LogP) is 3.70. The Bertz CT molecular complexity index is 1560. The molecule has 6 rings (SSSR count). The molecule has 1 N–H and O–H groups in total. The number of methoxy groups -OCH3 is 2. The zero-order chi connectivity index (χ0) is 25.0. The van der Waals surface area contributed by atoms with Crippen LogP contribution in [0.4, 0.5) is 0 Å². The van der Waals surface area contributed by atoms with Crippen molar-refractivity contribution in [2.45, 2.75) is 6.54 Å². The third kappa shape index (κ3) is 3.56. The number of nitrogens with zero attached hydrogens (tertiary/aromatic N) is 2. The fourth-order valence-electron chi connectivity index (χ4n) is 4.86. The van der Waals surface area contributed by atoms with E-state index in [9.17, 15) is 9.69 Å². The predicted molar refractivity (Wildman–Crippen MR) is 136 cm³/mol. The lowest BCUT2D eigenvalue weighted by molar-refractivity contribution is 0.174. The highest BCUT2D eigenvalue weighted by atomic mass is 31.2. The van der Waals surface area contributed by atoms with Crippen LogP contribution in [0.25, 0.3) is 32.4 Å². The highest BCUT2D eigenvalue weighted by Gasteiger charge is 2.51. The smallest absolute Gasteiger partial charge is 0.493 e. The van der Waals surface area contributed by atoms with Gasteiger partial charge in [0.1, 0.15) is 13.2 Å². The molecule has 10 nitrogen and oxygen atoms in total. The molecular weight excluding hydrogens is 487 g/mol. The Balaban J connectivity index is 1.61. The van der Waals surface area contributed by atoms with Crippen molar-refractivity contribution in [3.63, 3.8) is 0 Å². The van der Waals surface area contributed by atoms with Crippen molar-refractivity contribution < 1.29 is 32.9 Å². The van der Waals surface area contributed by atoms with Gasteiger partial charge in [0.15, 0.2) is 23.0 Å². The number of likely N-dealkylation sites (N-methyl/N-ethyl adjacent to an activating group) is 1. The topological polar surface area (TPSA) is 101 Å². The molecule has 0 aliphatic carbocycles. The standard InChI is InChI=1S/C25H26N2O8P/c1-26(36(29)34-8-9-35-36)6-7-27-24-16(5-4-15-10-22-23(11-17(15)24)33-14-32-22)18-12-20(30-2)21(31-3)13-19(18)25(27)28/h4-5,10-13,29H,6-9,14H2,1-3H3/q+1. The molecule has 0 bridgehead atoms. The van der Waals surface area contributed by atoms with E-state index in [1.165, 1.54) is 0 Å². The van der Waals surface area contributed by atoms with Crippen molar-refractivity contribution >= 4 is 40.5 Å². The summed E-state index contributed by atoms with van der Waals surface area (Å²) in [6, 6.07) is 11.4. The van der Waals surface area contributed by atoms with Gasteiger partial charge >= 0.3 is 8.09 Å². The Labute approximate surface area is 207 Å². The van der Waals surface area contributed by atoms with E-state index >= 15 is 0 Å². The van der Waals surface area contributed by atoms with Gasteiger partial charge in [0.05, 0.1) is 31.7 Å². The van der Waals surface area contributed by atoms with E-state index in [1.54, 1.807) is 36.6 Å². The van der Waals surface area contributed by atoms with Crippen molar-refractivity contribution in [2.75, 3.05) is 47.8 Å². The molecule has 1 aromatic heterocycles.